The molecule has 0 saturated heterocycles. The number of carboxylic acids is 1. The van der Waals surface area contributed by atoms with Gasteiger partial charge >= 0.3 is 12.1 Å². The lowest BCUT2D eigenvalue weighted by Gasteiger charge is -2.37. The molecule has 2 N–H and O–H groups in total. The van der Waals surface area contributed by atoms with E-state index in [0.717, 1.165) is 0 Å². The van der Waals surface area contributed by atoms with Crippen molar-refractivity contribution >= 4 is 5.97 Å². The van der Waals surface area contributed by atoms with Gasteiger partial charge in [0.05, 0.1) is 5.92 Å². The van der Waals surface area contributed by atoms with Crippen molar-refractivity contribution in [2.45, 2.75) is 37.4 Å². The summed E-state index contributed by atoms with van der Waals surface area (Å²) in [4.78, 5) is 10.9. The van der Waals surface area contributed by atoms with Gasteiger partial charge in [-0.25, -0.2) is 0 Å². The summed E-state index contributed by atoms with van der Waals surface area (Å²) < 4.78 is 37.0. The second-order valence-electron chi connectivity index (χ2n) is 3.95. The number of nitrogens with one attached hydrogen (secondary N) is 1. The first kappa shape index (κ1) is 12.3. The third-order valence-corrected chi connectivity index (χ3v) is 3.19. The molecular weight excluding hydrogens is 211 g/mol. The molecule has 0 bridgehead atoms. The summed E-state index contributed by atoms with van der Waals surface area (Å²) in [6, 6.07) is 0. The second-order valence-corrected chi connectivity index (χ2v) is 3.95. The molecule has 0 amide bonds. The number of likely N-dealkylation sites (N-methyl/N-ethyl adjacent to an activating group) is 1. The standard InChI is InChI=1S/C9H14F3NO2/c1-13-8(7(14)15)4-2-6(3-5-8)9(10,11)12/h6,13H,2-5H2,1H3,(H,14,15). The van der Waals surface area contributed by atoms with E-state index in [2.05, 4.69) is 5.32 Å². The molecule has 0 unspecified atom stereocenters. The number of aliphatic carboxylic acids is 1. The molecule has 0 radical (unpaired) electrons. The number of rotatable bonds is 2. The topological polar surface area (TPSA) is 49.3 Å². The van der Waals surface area contributed by atoms with Gasteiger partial charge in [-0.1, -0.05) is 0 Å². The minimum Gasteiger partial charge on any atom is -0.480 e. The SMILES string of the molecule is CNC1(C(=O)O)CCC(C(F)(F)F)CC1. The van der Waals surface area contributed by atoms with E-state index in [1.165, 1.54) is 7.05 Å². The van der Waals surface area contributed by atoms with E-state index in [-0.39, 0.29) is 25.7 Å². The van der Waals surface area contributed by atoms with Crippen LogP contribution in [0.1, 0.15) is 25.7 Å². The fourth-order valence-electron chi connectivity index (χ4n) is 2.01. The summed E-state index contributed by atoms with van der Waals surface area (Å²) in [6.07, 6.45) is -4.36. The summed E-state index contributed by atoms with van der Waals surface area (Å²) in [6.45, 7) is 0. The van der Waals surface area contributed by atoms with Gasteiger partial charge in [0.2, 0.25) is 0 Å². The minimum atomic E-state index is -4.20. The van der Waals surface area contributed by atoms with Crippen LogP contribution in [0.25, 0.3) is 0 Å². The Morgan fingerprint density at radius 1 is 1.40 bits per heavy atom. The Kier molecular flexibility index (Phi) is 3.28. The van der Waals surface area contributed by atoms with Crippen molar-refractivity contribution in [2.75, 3.05) is 7.05 Å². The van der Waals surface area contributed by atoms with Gasteiger partial charge in [-0.05, 0) is 32.7 Å². The second kappa shape index (κ2) is 4.00. The lowest BCUT2D eigenvalue weighted by atomic mass is 9.76. The fourth-order valence-corrected chi connectivity index (χ4v) is 2.01. The van der Waals surface area contributed by atoms with Crippen molar-refractivity contribution < 1.29 is 23.1 Å². The van der Waals surface area contributed by atoms with Crippen molar-refractivity contribution in [1.29, 1.82) is 0 Å². The van der Waals surface area contributed by atoms with Crippen LogP contribution in [0, 0.1) is 5.92 Å². The molecule has 0 atom stereocenters. The molecule has 88 valence electrons. The molecule has 3 nitrogen and oxygen atoms in total. The largest absolute Gasteiger partial charge is 0.480 e. The summed E-state index contributed by atoms with van der Waals surface area (Å²) in [5, 5.41) is 11.6. The quantitative estimate of drug-likeness (QED) is 0.753. The number of hydrogen-bond donors (Lipinski definition) is 2. The van der Waals surface area contributed by atoms with Crippen molar-refractivity contribution in [3.63, 3.8) is 0 Å². The van der Waals surface area contributed by atoms with Crippen LogP contribution in [-0.2, 0) is 4.79 Å². The zero-order valence-corrected chi connectivity index (χ0v) is 8.40. The molecule has 1 saturated carbocycles. The Morgan fingerprint density at radius 2 is 1.87 bits per heavy atom. The highest BCUT2D eigenvalue weighted by molar-refractivity contribution is 5.78. The van der Waals surface area contributed by atoms with Crippen LogP contribution in [0.15, 0.2) is 0 Å². The van der Waals surface area contributed by atoms with E-state index < -0.39 is 23.6 Å². The summed E-state index contributed by atoms with van der Waals surface area (Å²) >= 11 is 0. The van der Waals surface area contributed by atoms with Crippen molar-refractivity contribution in [1.82, 2.24) is 5.32 Å². The van der Waals surface area contributed by atoms with Gasteiger partial charge in [-0.15, -0.1) is 0 Å². The number of carbonyl (C=O) groups is 1. The van der Waals surface area contributed by atoms with E-state index in [9.17, 15) is 18.0 Å². The van der Waals surface area contributed by atoms with Gasteiger partial charge in [-0.2, -0.15) is 13.2 Å². The number of hydrogen-bond acceptors (Lipinski definition) is 2. The van der Waals surface area contributed by atoms with E-state index in [0.29, 0.717) is 0 Å². The van der Waals surface area contributed by atoms with Gasteiger partial charge in [0.25, 0.3) is 0 Å². The number of alkyl halides is 3. The van der Waals surface area contributed by atoms with E-state index in [1.54, 1.807) is 0 Å². The highest BCUT2D eigenvalue weighted by Gasteiger charge is 2.48. The first-order valence-electron chi connectivity index (χ1n) is 4.81. The van der Waals surface area contributed by atoms with Gasteiger partial charge < -0.3 is 10.4 Å². The smallest absolute Gasteiger partial charge is 0.391 e. The molecule has 1 aliphatic rings. The lowest BCUT2D eigenvalue weighted by Crippen LogP contribution is -2.53. The van der Waals surface area contributed by atoms with Crippen LogP contribution in [0.4, 0.5) is 13.2 Å². The van der Waals surface area contributed by atoms with Gasteiger partial charge in [0.1, 0.15) is 5.54 Å². The van der Waals surface area contributed by atoms with E-state index in [4.69, 9.17) is 5.11 Å². The van der Waals surface area contributed by atoms with Crippen LogP contribution in [0.5, 0.6) is 0 Å². The average molecular weight is 225 g/mol. The normalized spacial score (nSPS) is 32.7. The molecular formula is C9H14F3NO2. The van der Waals surface area contributed by atoms with Gasteiger partial charge in [-0.3, -0.25) is 4.79 Å². The lowest BCUT2D eigenvalue weighted by molar-refractivity contribution is -0.188. The van der Waals surface area contributed by atoms with E-state index in [1.807, 2.05) is 0 Å². The molecule has 1 rings (SSSR count). The molecule has 0 aliphatic heterocycles. The third kappa shape index (κ3) is 2.42. The van der Waals surface area contributed by atoms with E-state index >= 15 is 0 Å². The minimum absolute atomic E-state index is 0.0308. The van der Waals surface area contributed by atoms with Crippen molar-refractivity contribution in [3.8, 4) is 0 Å². The molecule has 6 heteroatoms. The van der Waals surface area contributed by atoms with Gasteiger partial charge in [0.15, 0.2) is 0 Å². The molecule has 0 spiro atoms. The third-order valence-electron chi connectivity index (χ3n) is 3.19. The Hall–Kier alpha value is -0.780. The highest BCUT2D eigenvalue weighted by atomic mass is 19.4. The first-order valence-corrected chi connectivity index (χ1v) is 4.81. The Bertz CT molecular complexity index is 244. The maximum absolute atomic E-state index is 12.3. The zero-order valence-electron chi connectivity index (χ0n) is 8.40. The number of halogens is 3. The zero-order chi connectivity index (χ0) is 11.7. The molecule has 15 heavy (non-hydrogen) atoms. The van der Waals surface area contributed by atoms with Crippen LogP contribution in [-0.4, -0.2) is 29.8 Å². The molecule has 0 aromatic rings. The summed E-state index contributed by atoms with van der Waals surface area (Å²) in [7, 11) is 1.47. The molecule has 1 aliphatic carbocycles. The predicted octanol–water partition coefficient (Wildman–Crippen LogP) is 1.78. The maximum atomic E-state index is 12.3. The summed E-state index contributed by atoms with van der Waals surface area (Å²) in [5.74, 6) is -2.41. The Morgan fingerprint density at radius 3 is 2.13 bits per heavy atom. The fraction of sp³-hybridized carbons (Fsp3) is 0.889. The molecule has 0 aromatic heterocycles. The molecule has 1 fully saturated rings. The Labute approximate surface area is 85.7 Å². The molecule has 0 heterocycles. The maximum Gasteiger partial charge on any atom is 0.391 e. The van der Waals surface area contributed by atoms with Crippen LogP contribution >= 0.6 is 0 Å². The van der Waals surface area contributed by atoms with Crippen LogP contribution < -0.4 is 5.32 Å². The van der Waals surface area contributed by atoms with Crippen molar-refractivity contribution in [2.24, 2.45) is 5.92 Å². The first-order chi connectivity index (χ1) is 6.82. The average Bonchev–Trinajstić information content (AvgIpc) is 2.16. The summed E-state index contributed by atoms with van der Waals surface area (Å²) in [5.41, 5.74) is -1.16. The Balaban J connectivity index is 2.65. The van der Waals surface area contributed by atoms with Crippen molar-refractivity contribution in [3.05, 3.63) is 0 Å². The number of carboxylic acid groups (broad SMARTS) is 1. The molecule has 0 aromatic carbocycles. The monoisotopic (exact) mass is 225 g/mol. The van der Waals surface area contributed by atoms with Crippen LogP contribution in [0.2, 0.25) is 0 Å². The van der Waals surface area contributed by atoms with Crippen LogP contribution in [0.3, 0.4) is 0 Å². The predicted molar refractivity (Wildman–Crippen MR) is 47.4 cm³/mol. The highest BCUT2D eigenvalue weighted by Crippen LogP contribution is 2.41. The van der Waals surface area contributed by atoms with Gasteiger partial charge in [0, 0.05) is 0 Å².